The number of benzene rings is 1. The largest absolute Gasteiger partial charge is 0.492 e. The highest BCUT2D eigenvalue weighted by Gasteiger charge is 2.50. The first kappa shape index (κ1) is 13.8. The Morgan fingerprint density at radius 3 is 2.85 bits per heavy atom. The molecule has 2 N–H and O–H groups in total. The van der Waals surface area contributed by atoms with Crippen molar-refractivity contribution in [3.63, 3.8) is 0 Å². The molecule has 2 heterocycles. The molecule has 0 spiro atoms. The number of aryl methyl sites for hydroxylation is 1. The number of rotatable bonds is 2. The number of fused-ring (bicyclic) bond motifs is 1. The third-order valence-corrected chi connectivity index (χ3v) is 6.86. The van der Waals surface area contributed by atoms with Crippen molar-refractivity contribution in [3.8, 4) is 5.75 Å². The van der Waals surface area contributed by atoms with Gasteiger partial charge in [-0.3, -0.25) is 5.73 Å². The second-order valence-corrected chi connectivity index (χ2v) is 8.60. The maximum absolute atomic E-state index is 11.8. The molecule has 1 aromatic rings. The number of methoxy groups -OCH3 is 1. The van der Waals surface area contributed by atoms with Crippen LogP contribution in [0.4, 0.5) is 5.69 Å². The van der Waals surface area contributed by atoms with Gasteiger partial charge in [0, 0.05) is 0 Å². The number of hydrogen-bond acceptors (Lipinski definition) is 5. The Kier molecular flexibility index (Phi) is 3.21. The van der Waals surface area contributed by atoms with Gasteiger partial charge in [-0.2, -0.15) is 0 Å². The van der Waals surface area contributed by atoms with Crippen molar-refractivity contribution in [2.24, 2.45) is 5.73 Å². The van der Waals surface area contributed by atoms with Gasteiger partial charge in [0.25, 0.3) is 0 Å². The van der Waals surface area contributed by atoms with Crippen molar-refractivity contribution in [1.82, 2.24) is 0 Å². The maximum Gasteiger partial charge on any atom is 0.310 e. The summed E-state index contributed by atoms with van der Waals surface area (Å²) < 4.78 is 31.0. The zero-order chi connectivity index (χ0) is 14.5. The molecule has 2 aliphatic rings. The molecule has 0 bridgehead atoms. The van der Waals surface area contributed by atoms with Crippen LogP contribution >= 0.6 is 11.8 Å². The molecule has 0 aliphatic carbocycles. The molecule has 3 rings (SSSR count). The number of hydrogen-bond donors (Lipinski definition) is 1. The molecule has 7 heteroatoms. The fourth-order valence-corrected chi connectivity index (χ4v) is 6.62. The van der Waals surface area contributed by atoms with Crippen LogP contribution < -0.4 is 10.5 Å². The third-order valence-electron chi connectivity index (χ3n) is 3.71. The summed E-state index contributed by atoms with van der Waals surface area (Å²) in [6.45, 7) is 1.99. The van der Waals surface area contributed by atoms with E-state index in [-0.39, 0.29) is 22.8 Å². The molecular formula is C13H17N2O3S2+. The molecule has 0 saturated carbocycles. The van der Waals surface area contributed by atoms with Crippen LogP contribution in [0.25, 0.3) is 0 Å². The van der Waals surface area contributed by atoms with Crippen molar-refractivity contribution >= 4 is 32.5 Å². The van der Waals surface area contributed by atoms with E-state index in [1.807, 2.05) is 29.7 Å². The minimum atomic E-state index is -2.97. The van der Waals surface area contributed by atoms with Gasteiger partial charge in [0.2, 0.25) is 0 Å². The van der Waals surface area contributed by atoms with E-state index < -0.39 is 9.84 Å². The minimum Gasteiger partial charge on any atom is -0.492 e. The summed E-state index contributed by atoms with van der Waals surface area (Å²) in [7, 11) is -1.36. The Bertz CT molecular complexity index is 698. The van der Waals surface area contributed by atoms with Gasteiger partial charge in [0.15, 0.2) is 21.3 Å². The van der Waals surface area contributed by atoms with Gasteiger partial charge in [0.05, 0.1) is 23.9 Å². The molecule has 5 nitrogen and oxygen atoms in total. The molecule has 2 unspecified atom stereocenters. The average Bonchev–Trinajstić information content (AvgIpc) is 2.79. The number of nitrogens with zero attached hydrogens (tertiary/aromatic N) is 1. The Hall–Kier alpha value is -1.21. The van der Waals surface area contributed by atoms with Crippen molar-refractivity contribution in [2.45, 2.75) is 18.2 Å². The zero-order valence-corrected chi connectivity index (χ0v) is 13.0. The standard InChI is InChI=1S/C13H16N2O3S2/c1-8-3-4-11(18-2)9(5-8)15-10-6-20(16,17)7-12(10)19-13(15)14/h3-5,10,12,14H,6-7H2,1-2H3/p+1. The molecule has 2 aliphatic heterocycles. The minimum absolute atomic E-state index is 0.0187. The zero-order valence-electron chi connectivity index (χ0n) is 11.4. The fourth-order valence-electron chi connectivity index (χ4n) is 2.81. The van der Waals surface area contributed by atoms with E-state index >= 15 is 0 Å². The van der Waals surface area contributed by atoms with Gasteiger partial charge in [0.1, 0.15) is 6.04 Å². The molecule has 1 aromatic carbocycles. The van der Waals surface area contributed by atoms with E-state index in [9.17, 15) is 8.42 Å². The van der Waals surface area contributed by atoms with Crippen LogP contribution in [0.2, 0.25) is 0 Å². The summed E-state index contributed by atoms with van der Waals surface area (Å²) in [5.41, 5.74) is 8.05. The van der Waals surface area contributed by atoms with Crippen molar-refractivity contribution in [1.29, 1.82) is 0 Å². The predicted molar refractivity (Wildman–Crippen MR) is 80.7 cm³/mol. The molecule has 20 heavy (non-hydrogen) atoms. The summed E-state index contributed by atoms with van der Waals surface area (Å²) in [5, 5.41) is 0.670. The van der Waals surface area contributed by atoms with Crippen molar-refractivity contribution in [2.75, 3.05) is 18.6 Å². The van der Waals surface area contributed by atoms with E-state index in [2.05, 4.69) is 0 Å². The van der Waals surface area contributed by atoms with Gasteiger partial charge in [-0.1, -0.05) is 6.07 Å². The number of sulfone groups is 1. The van der Waals surface area contributed by atoms with E-state index in [0.29, 0.717) is 10.9 Å². The molecule has 2 atom stereocenters. The van der Waals surface area contributed by atoms with E-state index in [0.717, 1.165) is 11.3 Å². The van der Waals surface area contributed by atoms with Crippen molar-refractivity contribution < 1.29 is 17.7 Å². The average molecular weight is 313 g/mol. The first-order valence-electron chi connectivity index (χ1n) is 6.34. The molecule has 0 aromatic heterocycles. The fraction of sp³-hybridized carbons (Fsp3) is 0.462. The second kappa shape index (κ2) is 4.66. The van der Waals surface area contributed by atoms with Crippen LogP contribution in [-0.2, 0) is 9.84 Å². The van der Waals surface area contributed by atoms with Crippen LogP contribution in [0.15, 0.2) is 18.2 Å². The lowest BCUT2D eigenvalue weighted by atomic mass is 10.1. The summed E-state index contributed by atoms with van der Waals surface area (Å²) >= 11 is 1.45. The van der Waals surface area contributed by atoms with Gasteiger partial charge in [-0.15, -0.1) is 0 Å². The Morgan fingerprint density at radius 1 is 1.40 bits per heavy atom. The molecule has 0 radical (unpaired) electrons. The molecule has 1 fully saturated rings. The molecule has 108 valence electrons. The number of ether oxygens (including phenoxy) is 1. The van der Waals surface area contributed by atoms with Gasteiger partial charge in [-0.25, -0.2) is 13.0 Å². The van der Waals surface area contributed by atoms with Crippen LogP contribution in [0, 0.1) is 6.92 Å². The monoisotopic (exact) mass is 313 g/mol. The number of amidine groups is 1. The quantitative estimate of drug-likeness (QED) is 0.821. The highest BCUT2D eigenvalue weighted by molar-refractivity contribution is 8.15. The Balaban J connectivity index is 2.10. The Morgan fingerprint density at radius 2 is 2.15 bits per heavy atom. The van der Waals surface area contributed by atoms with Crippen LogP contribution in [0.1, 0.15) is 5.56 Å². The smallest absolute Gasteiger partial charge is 0.310 e. The number of nitrogens with two attached hydrogens (primary N) is 1. The molecular weight excluding hydrogens is 296 g/mol. The first-order valence-corrected chi connectivity index (χ1v) is 9.05. The summed E-state index contributed by atoms with van der Waals surface area (Å²) in [6, 6.07) is 5.74. The molecule has 0 amide bonds. The van der Waals surface area contributed by atoms with Gasteiger partial charge in [-0.05, 0) is 36.4 Å². The molecule has 1 saturated heterocycles. The van der Waals surface area contributed by atoms with Crippen LogP contribution in [-0.4, -0.2) is 48.1 Å². The van der Waals surface area contributed by atoms with Gasteiger partial charge >= 0.3 is 5.17 Å². The second-order valence-electron chi connectivity index (χ2n) is 5.18. The lowest BCUT2D eigenvalue weighted by Crippen LogP contribution is -2.29. The van der Waals surface area contributed by atoms with Gasteiger partial charge < -0.3 is 4.74 Å². The van der Waals surface area contributed by atoms with E-state index in [1.54, 1.807) is 7.11 Å². The lowest BCUT2D eigenvalue weighted by Gasteiger charge is -2.14. The number of thioether (sulfide) groups is 1. The summed E-state index contributed by atoms with van der Waals surface area (Å²) in [6.07, 6.45) is 0. The van der Waals surface area contributed by atoms with E-state index in [4.69, 9.17) is 10.5 Å². The Labute approximate surface area is 122 Å². The first-order chi connectivity index (χ1) is 9.41. The summed E-state index contributed by atoms with van der Waals surface area (Å²) in [4.78, 5) is 0. The SMILES string of the molecule is COc1ccc(C)cc1[N+]1=C(N)SC2CS(=O)(=O)CC21. The topological polar surface area (TPSA) is 72.4 Å². The van der Waals surface area contributed by atoms with Crippen molar-refractivity contribution in [3.05, 3.63) is 23.8 Å². The highest BCUT2D eigenvalue weighted by Crippen LogP contribution is 2.40. The predicted octanol–water partition coefficient (Wildman–Crippen LogP) is 0.875. The van der Waals surface area contributed by atoms with E-state index in [1.165, 1.54) is 11.8 Å². The summed E-state index contributed by atoms with van der Waals surface area (Å²) in [5.74, 6) is 1.07. The maximum atomic E-state index is 11.8. The van der Waals surface area contributed by atoms with Crippen LogP contribution in [0.5, 0.6) is 5.75 Å². The normalized spacial score (nSPS) is 27.7. The third kappa shape index (κ3) is 2.18. The lowest BCUT2D eigenvalue weighted by molar-refractivity contribution is -0.471. The van der Waals surface area contributed by atoms with Crippen LogP contribution in [0.3, 0.4) is 0 Å². The highest BCUT2D eigenvalue weighted by atomic mass is 32.2.